The summed E-state index contributed by atoms with van der Waals surface area (Å²) in [7, 11) is 0. The second-order valence-corrected chi connectivity index (χ2v) is 11.5. The number of nitrogens with one attached hydrogen (secondary N) is 2. The maximum Gasteiger partial charge on any atom is 0.230 e. The molecular weight excluding hydrogens is 473 g/mol. The predicted octanol–water partition coefficient (Wildman–Crippen LogP) is 2.91. The van der Waals surface area contributed by atoms with Gasteiger partial charge in [-0.25, -0.2) is 0 Å². The fourth-order valence-electron chi connectivity index (χ4n) is 2.93. The molecule has 0 unspecified atom stereocenters. The Morgan fingerprint density at radius 1 is 0.935 bits per heavy atom. The third-order valence-electron chi connectivity index (χ3n) is 4.74. The molecule has 2 heterocycles. The first-order chi connectivity index (χ1) is 14.9. The minimum absolute atomic E-state index is 0.0701. The maximum absolute atomic E-state index is 12.2. The molecule has 0 atom stereocenters. The molecule has 31 heavy (non-hydrogen) atoms. The quantitative estimate of drug-likeness (QED) is 0.506. The van der Waals surface area contributed by atoms with Gasteiger partial charge in [-0.3, -0.25) is 19.6 Å². The number of benzene rings is 1. The molecule has 0 bridgehead atoms. The minimum Gasteiger partial charge on any atom is -0.507 e. The number of aliphatic imine (C=N–C) groups is 2. The van der Waals surface area contributed by atoms with Crippen molar-refractivity contribution in [3.05, 3.63) is 28.3 Å². The molecule has 11 heteroatoms. The van der Waals surface area contributed by atoms with E-state index >= 15 is 0 Å². The molecule has 7 nitrogen and oxygen atoms in total. The van der Waals surface area contributed by atoms with E-state index in [-0.39, 0.29) is 17.6 Å². The van der Waals surface area contributed by atoms with E-state index in [2.05, 4.69) is 20.6 Å². The average molecular weight is 499 g/mol. The van der Waals surface area contributed by atoms with Crippen LogP contribution in [0.2, 0.25) is 0 Å². The molecule has 0 radical (unpaired) electrons. The van der Waals surface area contributed by atoms with Crippen molar-refractivity contribution in [3.8, 4) is 5.75 Å². The number of hydrogen-bond acceptors (Lipinski definition) is 9. The van der Waals surface area contributed by atoms with Crippen molar-refractivity contribution in [1.82, 2.24) is 10.6 Å². The summed E-state index contributed by atoms with van der Waals surface area (Å²) in [6.07, 6.45) is 0. The summed E-state index contributed by atoms with van der Waals surface area (Å²) in [5.41, 5.74) is 3.15. The first kappa shape index (κ1) is 24.3. The van der Waals surface area contributed by atoms with Gasteiger partial charge in [0.15, 0.2) is 0 Å². The van der Waals surface area contributed by atoms with Crippen LogP contribution in [0.3, 0.4) is 0 Å². The molecule has 0 aromatic heterocycles. The lowest BCUT2D eigenvalue weighted by molar-refractivity contribution is -0.119. The molecule has 0 spiro atoms. The van der Waals surface area contributed by atoms with Crippen molar-refractivity contribution in [2.75, 3.05) is 36.1 Å². The van der Waals surface area contributed by atoms with Crippen LogP contribution in [0.1, 0.15) is 22.3 Å². The van der Waals surface area contributed by atoms with Crippen molar-refractivity contribution in [2.45, 2.75) is 26.9 Å². The molecule has 0 saturated heterocycles. The zero-order valence-electron chi connectivity index (χ0n) is 17.5. The van der Waals surface area contributed by atoms with Crippen LogP contribution in [0.4, 0.5) is 0 Å². The number of thioether (sulfide) groups is 4. The van der Waals surface area contributed by atoms with E-state index < -0.39 is 0 Å². The fourth-order valence-corrected chi connectivity index (χ4v) is 6.61. The number of carbonyl (C=O) groups excluding carboxylic acids is 2. The van der Waals surface area contributed by atoms with Crippen LogP contribution < -0.4 is 10.6 Å². The van der Waals surface area contributed by atoms with Crippen LogP contribution in [0.25, 0.3) is 0 Å². The molecule has 2 aliphatic rings. The SMILES string of the molecule is Cc1c(CNC(=O)CSC2=NCCS2)cc(CNC(=O)CSC2=NCCS2)c(C)c1O. The Bertz CT molecular complexity index is 837. The van der Waals surface area contributed by atoms with Gasteiger partial charge >= 0.3 is 0 Å². The Kier molecular flexibility index (Phi) is 9.48. The van der Waals surface area contributed by atoms with Gasteiger partial charge in [0.2, 0.25) is 11.8 Å². The van der Waals surface area contributed by atoms with E-state index in [0.29, 0.717) is 24.6 Å². The van der Waals surface area contributed by atoms with Gasteiger partial charge in [-0.1, -0.05) is 53.1 Å². The highest BCUT2D eigenvalue weighted by molar-refractivity contribution is 8.39. The largest absolute Gasteiger partial charge is 0.507 e. The highest BCUT2D eigenvalue weighted by atomic mass is 32.2. The highest BCUT2D eigenvalue weighted by Gasteiger charge is 2.15. The molecule has 0 fully saturated rings. The van der Waals surface area contributed by atoms with Crippen LogP contribution in [0.5, 0.6) is 5.75 Å². The molecule has 2 amide bonds. The summed E-state index contributed by atoms with van der Waals surface area (Å²) in [4.78, 5) is 33.0. The molecule has 3 rings (SSSR count). The first-order valence-corrected chi connectivity index (χ1v) is 13.8. The van der Waals surface area contributed by atoms with Crippen molar-refractivity contribution in [3.63, 3.8) is 0 Å². The lowest BCUT2D eigenvalue weighted by Gasteiger charge is -2.16. The number of nitrogens with zero attached hydrogens (tertiary/aromatic N) is 2. The van der Waals surface area contributed by atoms with Crippen LogP contribution >= 0.6 is 47.0 Å². The average Bonchev–Trinajstić information content (AvgIpc) is 3.47. The van der Waals surface area contributed by atoms with E-state index in [1.807, 2.05) is 19.9 Å². The van der Waals surface area contributed by atoms with E-state index in [4.69, 9.17) is 0 Å². The van der Waals surface area contributed by atoms with Gasteiger partial charge in [0.25, 0.3) is 0 Å². The van der Waals surface area contributed by atoms with E-state index in [0.717, 1.165) is 55.6 Å². The Balaban J connectivity index is 1.52. The molecule has 168 valence electrons. The molecule has 2 aliphatic heterocycles. The topological polar surface area (TPSA) is 103 Å². The number of aromatic hydroxyl groups is 1. The van der Waals surface area contributed by atoms with Gasteiger partial charge in [-0.05, 0) is 36.1 Å². The number of rotatable bonds is 8. The zero-order valence-corrected chi connectivity index (χ0v) is 20.8. The summed E-state index contributed by atoms with van der Waals surface area (Å²) < 4.78 is 1.93. The Morgan fingerprint density at radius 3 is 1.77 bits per heavy atom. The Morgan fingerprint density at radius 2 is 1.39 bits per heavy atom. The van der Waals surface area contributed by atoms with Crippen LogP contribution in [0.15, 0.2) is 16.1 Å². The molecule has 1 aromatic rings. The van der Waals surface area contributed by atoms with E-state index in [9.17, 15) is 14.7 Å². The molecule has 0 saturated carbocycles. The smallest absolute Gasteiger partial charge is 0.230 e. The first-order valence-electron chi connectivity index (χ1n) is 9.88. The summed E-state index contributed by atoms with van der Waals surface area (Å²) in [6.45, 7) is 5.96. The highest BCUT2D eigenvalue weighted by Crippen LogP contribution is 2.29. The van der Waals surface area contributed by atoms with Crippen LogP contribution in [-0.2, 0) is 22.7 Å². The molecule has 3 N–H and O–H groups in total. The summed E-state index contributed by atoms with van der Waals surface area (Å²) >= 11 is 6.28. The third-order valence-corrected chi connectivity index (χ3v) is 9.25. The number of hydrogen-bond donors (Lipinski definition) is 3. The minimum atomic E-state index is -0.0701. The second-order valence-electron chi connectivity index (χ2n) is 6.92. The van der Waals surface area contributed by atoms with Gasteiger partial charge in [-0.2, -0.15) is 0 Å². The van der Waals surface area contributed by atoms with E-state index in [1.54, 1.807) is 23.5 Å². The third kappa shape index (κ3) is 7.37. The summed E-state index contributed by atoms with van der Waals surface area (Å²) in [6, 6.07) is 1.94. The molecule has 1 aromatic carbocycles. The normalized spacial score (nSPS) is 15.5. The van der Waals surface area contributed by atoms with Crippen molar-refractivity contribution in [2.24, 2.45) is 9.98 Å². The zero-order chi connectivity index (χ0) is 22.2. The Labute approximate surface area is 199 Å². The van der Waals surface area contributed by atoms with Gasteiger partial charge in [0.1, 0.15) is 14.5 Å². The molecule has 0 aliphatic carbocycles. The summed E-state index contributed by atoms with van der Waals surface area (Å²) in [5.74, 6) is 2.68. The van der Waals surface area contributed by atoms with Gasteiger partial charge < -0.3 is 15.7 Å². The Hall–Kier alpha value is -1.30. The number of carbonyl (C=O) groups is 2. The monoisotopic (exact) mass is 498 g/mol. The van der Waals surface area contributed by atoms with Crippen molar-refractivity contribution in [1.29, 1.82) is 0 Å². The number of amides is 2. The van der Waals surface area contributed by atoms with Gasteiger partial charge in [0.05, 0.1) is 24.6 Å². The second kappa shape index (κ2) is 12.1. The number of phenols is 1. The van der Waals surface area contributed by atoms with E-state index in [1.165, 1.54) is 23.5 Å². The van der Waals surface area contributed by atoms with Crippen molar-refractivity contribution < 1.29 is 14.7 Å². The van der Waals surface area contributed by atoms with Crippen molar-refractivity contribution >= 4 is 67.6 Å². The summed E-state index contributed by atoms with van der Waals surface area (Å²) in [5, 5.41) is 16.3. The standard InChI is InChI=1S/C20H26N4O3S4/c1-12-14(8-23-16(25)10-30-19-21-3-5-28-19)7-15(13(2)18(12)27)9-24-17(26)11-31-20-22-4-6-29-20/h7,27H,3-6,8-11H2,1-2H3,(H,23,25)(H,24,26). The molecular formula is C20H26N4O3S4. The fraction of sp³-hybridized carbons (Fsp3) is 0.500. The predicted molar refractivity (Wildman–Crippen MR) is 136 cm³/mol. The van der Waals surface area contributed by atoms with Crippen LogP contribution in [0, 0.1) is 13.8 Å². The van der Waals surface area contributed by atoms with Gasteiger partial charge in [0, 0.05) is 24.6 Å². The lowest BCUT2D eigenvalue weighted by Crippen LogP contribution is -2.27. The van der Waals surface area contributed by atoms with Crippen LogP contribution in [-0.4, -0.2) is 61.8 Å². The maximum atomic E-state index is 12.2. The van der Waals surface area contributed by atoms with Gasteiger partial charge in [-0.15, -0.1) is 0 Å². The lowest BCUT2D eigenvalue weighted by atomic mass is 9.98. The number of phenolic OH excluding ortho intramolecular Hbond substituents is 1.